The number of carbonyl (C=O) groups excluding carboxylic acids is 2. The zero-order valence-corrected chi connectivity index (χ0v) is 21.8. The fraction of sp³-hybridized carbons (Fsp3) is 0.560. The maximum Gasteiger partial charge on any atom is 0.233 e. The molecule has 2 aliphatic carbocycles. The molecule has 0 aromatic heterocycles. The summed E-state index contributed by atoms with van der Waals surface area (Å²) >= 11 is 0. The second-order valence-electron chi connectivity index (χ2n) is 8.88. The Balaban J connectivity index is 0.00000306. The predicted molar refractivity (Wildman–Crippen MR) is 140 cm³/mol. The first-order chi connectivity index (χ1) is 15.6. The molecule has 2 bridgehead atoms. The summed E-state index contributed by atoms with van der Waals surface area (Å²) in [5.74, 6) is 1.90. The van der Waals surface area contributed by atoms with E-state index in [1.165, 1.54) is 10.5 Å². The molecule has 1 aromatic carbocycles. The van der Waals surface area contributed by atoms with Gasteiger partial charge in [0.05, 0.1) is 18.4 Å². The van der Waals surface area contributed by atoms with Crippen LogP contribution in [0.5, 0.6) is 5.75 Å². The number of nitrogens with zero attached hydrogens (tertiary/aromatic N) is 2. The molecule has 2 N–H and O–H groups in total. The number of allylic oxidation sites excluding steroid dienone is 2. The van der Waals surface area contributed by atoms with Crippen LogP contribution in [0.1, 0.15) is 31.7 Å². The van der Waals surface area contributed by atoms with E-state index in [9.17, 15) is 9.59 Å². The number of nitrogens with one attached hydrogen (secondary N) is 2. The second-order valence-corrected chi connectivity index (χ2v) is 8.88. The van der Waals surface area contributed by atoms with Crippen molar-refractivity contribution in [2.75, 3.05) is 32.8 Å². The van der Waals surface area contributed by atoms with E-state index in [4.69, 9.17) is 4.74 Å². The molecule has 0 radical (unpaired) electrons. The SMILES string of the molecule is CCNC(=NCCCCOc1ccc(C)cc1)NCCN1C(=O)C2C3C=CC(C3)C2C1=O.I. The first-order valence-corrected chi connectivity index (χ1v) is 11.8. The van der Waals surface area contributed by atoms with Gasteiger partial charge >= 0.3 is 0 Å². The van der Waals surface area contributed by atoms with Crippen molar-refractivity contribution in [3.63, 3.8) is 0 Å². The highest BCUT2D eigenvalue weighted by Crippen LogP contribution is 2.52. The molecule has 1 heterocycles. The smallest absolute Gasteiger partial charge is 0.233 e. The van der Waals surface area contributed by atoms with E-state index in [1.54, 1.807) is 0 Å². The molecular formula is C25H35IN4O3. The molecule has 0 spiro atoms. The van der Waals surface area contributed by atoms with E-state index >= 15 is 0 Å². The molecule has 1 aromatic rings. The normalized spacial score (nSPS) is 25.3. The van der Waals surface area contributed by atoms with Gasteiger partial charge in [-0.05, 0) is 57.1 Å². The summed E-state index contributed by atoms with van der Waals surface area (Å²) in [6.07, 6.45) is 7.06. The van der Waals surface area contributed by atoms with Crippen molar-refractivity contribution in [3.8, 4) is 5.75 Å². The van der Waals surface area contributed by atoms with Crippen molar-refractivity contribution in [2.24, 2.45) is 28.7 Å². The molecule has 7 nitrogen and oxygen atoms in total. The minimum Gasteiger partial charge on any atom is -0.494 e. The highest BCUT2D eigenvalue weighted by atomic mass is 127. The topological polar surface area (TPSA) is 83.0 Å². The second kappa shape index (κ2) is 11.9. The molecule has 2 fully saturated rings. The third kappa shape index (κ3) is 5.88. The van der Waals surface area contributed by atoms with Gasteiger partial charge in [-0.15, -0.1) is 24.0 Å². The van der Waals surface area contributed by atoms with E-state index in [-0.39, 0.29) is 59.5 Å². The third-order valence-electron chi connectivity index (χ3n) is 6.65. The number of benzene rings is 1. The van der Waals surface area contributed by atoms with Gasteiger partial charge in [-0.1, -0.05) is 29.8 Å². The lowest BCUT2D eigenvalue weighted by Gasteiger charge is -2.18. The number of unbranched alkanes of at least 4 members (excludes halogenated alkanes) is 1. The van der Waals surface area contributed by atoms with Crippen LogP contribution in [0.4, 0.5) is 0 Å². The lowest BCUT2D eigenvalue weighted by molar-refractivity contribution is -0.140. The van der Waals surface area contributed by atoms with Crippen molar-refractivity contribution in [2.45, 2.75) is 33.1 Å². The molecule has 2 amide bonds. The van der Waals surface area contributed by atoms with E-state index in [0.29, 0.717) is 32.2 Å². The molecule has 4 rings (SSSR count). The number of halogens is 1. The molecule has 1 saturated carbocycles. The minimum atomic E-state index is -0.124. The Bertz CT molecular complexity index is 856. The number of fused-ring (bicyclic) bond motifs is 5. The van der Waals surface area contributed by atoms with Gasteiger partial charge in [-0.25, -0.2) is 0 Å². The van der Waals surface area contributed by atoms with Crippen LogP contribution in [0.15, 0.2) is 41.4 Å². The Hall–Kier alpha value is -2.10. The Kier molecular flexibility index (Phi) is 9.17. The van der Waals surface area contributed by atoms with Gasteiger partial charge in [0, 0.05) is 26.2 Å². The number of imide groups is 1. The number of aryl methyl sites for hydroxylation is 1. The summed E-state index contributed by atoms with van der Waals surface area (Å²) in [6, 6.07) is 8.08. The van der Waals surface area contributed by atoms with E-state index in [2.05, 4.69) is 34.7 Å². The molecule has 1 aliphatic heterocycles. The molecule has 4 atom stereocenters. The van der Waals surface area contributed by atoms with Gasteiger partial charge in [0.1, 0.15) is 5.75 Å². The van der Waals surface area contributed by atoms with Crippen molar-refractivity contribution in [3.05, 3.63) is 42.0 Å². The number of ether oxygens (including phenoxy) is 1. The molecular weight excluding hydrogens is 531 g/mol. The number of likely N-dealkylation sites (tertiary alicyclic amines) is 1. The van der Waals surface area contributed by atoms with Crippen LogP contribution in [-0.4, -0.2) is 55.5 Å². The van der Waals surface area contributed by atoms with Crippen LogP contribution in [0.2, 0.25) is 0 Å². The van der Waals surface area contributed by atoms with Crippen LogP contribution < -0.4 is 15.4 Å². The fourth-order valence-corrected chi connectivity index (χ4v) is 5.04. The van der Waals surface area contributed by atoms with E-state index < -0.39 is 0 Å². The molecule has 1 saturated heterocycles. The average molecular weight is 566 g/mol. The summed E-state index contributed by atoms with van der Waals surface area (Å²) in [5, 5.41) is 6.49. The van der Waals surface area contributed by atoms with Gasteiger partial charge in [0.2, 0.25) is 11.8 Å². The van der Waals surface area contributed by atoms with Crippen LogP contribution in [0.25, 0.3) is 0 Å². The molecule has 33 heavy (non-hydrogen) atoms. The van der Waals surface area contributed by atoms with Crippen molar-refractivity contribution in [1.82, 2.24) is 15.5 Å². The first kappa shape index (κ1) is 25.5. The van der Waals surface area contributed by atoms with Crippen LogP contribution in [0.3, 0.4) is 0 Å². The Morgan fingerprint density at radius 1 is 1.06 bits per heavy atom. The summed E-state index contributed by atoms with van der Waals surface area (Å²) in [7, 11) is 0. The maximum absolute atomic E-state index is 12.8. The Morgan fingerprint density at radius 2 is 1.73 bits per heavy atom. The van der Waals surface area contributed by atoms with E-state index in [0.717, 1.165) is 31.6 Å². The highest BCUT2D eigenvalue weighted by Gasteiger charge is 2.58. The monoisotopic (exact) mass is 566 g/mol. The standard InChI is InChI=1S/C25H34N4O3.HI/c1-3-26-25(27-12-4-5-15-32-20-10-6-17(2)7-11-20)28-13-14-29-23(30)21-18-8-9-19(16-18)22(21)24(29)31;/h6-11,18-19,21-22H,3-5,12-16H2,1-2H3,(H2,26,27,28);1H. The number of carbonyl (C=O) groups is 2. The van der Waals surface area contributed by atoms with Crippen LogP contribution in [0, 0.1) is 30.6 Å². The predicted octanol–water partition coefficient (Wildman–Crippen LogP) is 3.13. The van der Waals surface area contributed by atoms with Gasteiger partial charge in [-0.2, -0.15) is 0 Å². The minimum absolute atomic E-state index is 0. The van der Waals surface area contributed by atoms with Gasteiger partial charge in [0.15, 0.2) is 5.96 Å². The van der Waals surface area contributed by atoms with Gasteiger partial charge in [0.25, 0.3) is 0 Å². The number of hydrogen-bond donors (Lipinski definition) is 2. The fourth-order valence-electron chi connectivity index (χ4n) is 5.04. The Morgan fingerprint density at radius 3 is 2.36 bits per heavy atom. The zero-order chi connectivity index (χ0) is 22.5. The zero-order valence-electron chi connectivity index (χ0n) is 19.5. The number of guanidine groups is 1. The van der Waals surface area contributed by atoms with Gasteiger partial charge in [-0.3, -0.25) is 19.5 Å². The van der Waals surface area contributed by atoms with Crippen LogP contribution >= 0.6 is 24.0 Å². The number of aliphatic imine (C=N–C) groups is 1. The molecule has 8 heteroatoms. The Labute approximate surface area is 213 Å². The highest BCUT2D eigenvalue weighted by molar-refractivity contribution is 14.0. The average Bonchev–Trinajstić information content (AvgIpc) is 3.47. The van der Waals surface area contributed by atoms with Gasteiger partial charge < -0.3 is 15.4 Å². The lowest BCUT2D eigenvalue weighted by Crippen LogP contribution is -2.43. The first-order valence-electron chi connectivity index (χ1n) is 11.8. The number of hydrogen-bond acceptors (Lipinski definition) is 4. The van der Waals surface area contributed by atoms with Crippen molar-refractivity contribution in [1.29, 1.82) is 0 Å². The summed E-state index contributed by atoms with van der Waals surface area (Å²) < 4.78 is 5.75. The maximum atomic E-state index is 12.8. The molecule has 180 valence electrons. The largest absolute Gasteiger partial charge is 0.494 e. The quantitative estimate of drug-likeness (QED) is 0.114. The lowest BCUT2D eigenvalue weighted by atomic mass is 9.85. The summed E-state index contributed by atoms with van der Waals surface area (Å²) in [4.78, 5) is 31.6. The van der Waals surface area contributed by atoms with Crippen molar-refractivity contribution < 1.29 is 14.3 Å². The number of rotatable bonds is 10. The third-order valence-corrected chi connectivity index (χ3v) is 6.65. The summed E-state index contributed by atoms with van der Waals surface area (Å²) in [6.45, 7) is 7.08. The summed E-state index contributed by atoms with van der Waals surface area (Å²) in [5.41, 5.74) is 1.22. The molecule has 3 aliphatic rings. The van der Waals surface area contributed by atoms with E-state index in [1.807, 2.05) is 31.2 Å². The number of amides is 2. The van der Waals surface area contributed by atoms with Crippen molar-refractivity contribution >= 4 is 41.8 Å². The molecule has 4 unspecified atom stereocenters. The van der Waals surface area contributed by atoms with Crippen LogP contribution in [-0.2, 0) is 9.59 Å².